The van der Waals surface area contributed by atoms with Gasteiger partial charge in [0.25, 0.3) is 0 Å². The molecule has 1 aliphatic rings. The molecule has 5 aromatic rings. The van der Waals surface area contributed by atoms with Crippen LogP contribution in [0.4, 0.5) is 4.39 Å². The first-order valence-corrected chi connectivity index (χ1v) is 14.8. The molecular weight excluding hydrogens is 577 g/mol. The summed E-state index contributed by atoms with van der Waals surface area (Å²) in [6.07, 6.45) is 6.77. The number of carboxylic acids is 1. The summed E-state index contributed by atoms with van der Waals surface area (Å²) < 4.78 is 30.4. The number of aromatic nitrogens is 5. The second kappa shape index (κ2) is 13.2. The number of rotatable bonds is 11. The first-order valence-electron chi connectivity index (χ1n) is 14.8. The minimum absolute atomic E-state index is 0.0569. The predicted octanol–water partition coefficient (Wildman–Crippen LogP) is 5.03. The number of fused-ring (bicyclic) bond motifs is 1. The molecule has 0 radical (unpaired) electrons. The van der Waals surface area contributed by atoms with E-state index < -0.39 is 11.8 Å². The molecule has 12 heteroatoms. The molecule has 230 valence electrons. The molecule has 0 atom stereocenters. The van der Waals surface area contributed by atoms with Crippen LogP contribution in [0.25, 0.3) is 11.0 Å². The van der Waals surface area contributed by atoms with E-state index in [9.17, 15) is 14.3 Å². The molecule has 0 saturated carbocycles. The molecule has 1 fully saturated rings. The van der Waals surface area contributed by atoms with E-state index in [1.165, 1.54) is 12.1 Å². The zero-order chi connectivity index (χ0) is 31.3. The van der Waals surface area contributed by atoms with Gasteiger partial charge in [0.05, 0.1) is 58.9 Å². The Morgan fingerprint density at radius 3 is 2.76 bits per heavy atom. The molecule has 6 rings (SSSR count). The summed E-state index contributed by atoms with van der Waals surface area (Å²) in [5, 5.41) is 18.6. The highest BCUT2D eigenvalue weighted by Crippen LogP contribution is 2.26. The average Bonchev–Trinajstić information content (AvgIpc) is 3.65. The Morgan fingerprint density at radius 1 is 1.16 bits per heavy atom. The van der Waals surface area contributed by atoms with Gasteiger partial charge in [0.1, 0.15) is 18.5 Å². The van der Waals surface area contributed by atoms with Crippen molar-refractivity contribution in [1.82, 2.24) is 29.0 Å². The summed E-state index contributed by atoms with van der Waals surface area (Å²) >= 11 is 0. The van der Waals surface area contributed by atoms with Crippen molar-refractivity contribution in [3.63, 3.8) is 0 Å². The van der Waals surface area contributed by atoms with Crippen LogP contribution in [-0.4, -0.2) is 59.3 Å². The number of imidazole rings is 2. The maximum Gasteiger partial charge on any atom is 0.335 e. The Kier molecular flexibility index (Phi) is 8.70. The smallest absolute Gasteiger partial charge is 0.335 e. The molecule has 11 nitrogen and oxygen atoms in total. The molecule has 3 aromatic heterocycles. The van der Waals surface area contributed by atoms with Gasteiger partial charge in [-0.25, -0.2) is 24.1 Å². The number of hydrogen-bond donors (Lipinski definition) is 1. The van der Waals surface area contributed by atoms with E-state index in [2.05, 4.69) is 30.9 Å². The number of nitrogens with zero attached hydrogens (tertiary/aromatic N) is 7. The third-order valence-corrected chi connectivity index (χ3v) is 8.01. The number of halogens is 1. The minimum atomic E-state index is -0.976. The summed E-state index contributed by atoms with van der Waals surface area (Å²) in [4.78, 5) is 27.7. The Morgan fingerprint density at radius 2 is 2.00 bits per heavy atom. The monoisotopic (exact) mass is 609 g/mol. The summed E-state index contributed by atoms with van der Waals surface area (Å²) in [7, 11) is 0. The molecule has 0 aliphatic carbocycles. The van der Waals surface area contributed by atoms with Gasteiger partial charge in [-0.2, -0.15) is 5.26 Å². The number of ether oxygens (including phenoxy) is 2. The van der Waals surface area contributed by atoms with E-state index in [1.54, 1.807) is 36.8 Å². The molecule has 45 heavy (non-hydrogen) atoms. The first-order chi connectivity index (χ1) is 21.9. The SMILES string of the molecule is CCn1cncc1Cn1c(CN2CCC(Oc3ncccc3COc3ccc(C#N)cc3F)CC2)nc2ccc(C(=O)O)cc21. The van der Waals surface area contributed by atoms with Crippen molar-refractivity contribution in [3.8, 4) is 17.7 Å². The number of aromatic carboxylic acids is 1. The van der Waals surface area contributed by atoms with Gasteiger partial charge in [-0.3, -0.25) is 4.90 Å². The number of likely N-dealkylation sites (tertiary alicyclic amines) is 1. The number of hydrogen-bond acceptors (Lipinski definition) is 8. The maximum atomic E-state index is 14.3. The van der Waals surface area contributed by atoms with Gasteiger partial charge in [-0.15, -0.1) is 0 Å². The molecule has 1 N–H and O–H groups in total. The van der Waals surface area contributed by atoms with Crippen LogP contribution in [0.2, 0.25) is 0 Å². The van der Waals surface area contributed by atoms with Gasteiger partial charge in [0, 0.05) is 32.0 Å². The van der Waals surface area contributed by atoms with Crippen molar-refractivity contribution < 1.29 is 23.8 Å². The lowest BCUT2D eigenvalue weighted by atomic mass is 10.1. The molecule has 0 spiro atoms. The average molecular weight is 610 g/mol. The summed E-state index contributed by atoms with van der Waals surface area (Å²) in [6.45, 7) is 5.58. The first kappa shape index (κ1) is 29.8. The quantitative estimate of drug-likeness (QED) is 0.219. The lowest BCUT2D eigenvalue weighted by molar-refractivity contribution is 0.0697. The number of carbonyl (C=O) groups is 1. The van der Waals surface area contributed by atoms with Gasteiger partial charge in [-0.1, -0.05) is 0 Å². The molecule has 1 aliphatic heterocycles. The fraction of sp³-hybridized carbons (Fsp3) is 0.303. The molecular formula is C33H32FN7O4. The largest absolute Gasteiger partial charge is 0.486 e. The minimum Gasteiger partial charge on any atom is -0.486 e. The number of nitriles is 1. The van der Waals surface area contributed by atoms with Crippen LogP contribution in [0.1, 0.15) is 52.8 Å². The Labute approximate surface area is 259 Å². The highest BCUT2D eigenvalue weighted by Gasteiger charge is 2.24. The van der Waals surface area contributed by atoms with E-state index in [-0.39, 0.29) is 29.6 Å². The van der Waals surface area contributed by atoms with Crippen LogP contribution in [0.3, 0.4) is 0 Å². The van der Waals surface area contributed by atoms with E-state index in [1.807, 2.05) is 18.3 Å². The number of carboxylic acid groups (broad SMARTS) is 1. The second-order valence-electron chi connectivity index (χ2n) is 10.9. The van der Waals surface area contributed by atoms with Crippen molar-refractivity contribution in [2.75, 3.05) is 13.1 Å². The highest BCUT2D eigenvalue weighted by atomic mass is 19.1. The van der Waals surface area contributed by atoms with E-state index >= 15 is 0 Å². The third-order valence-electron chi connectivity index (χ3n) is 8.01. The normalized spacial score (nSPS) is 14.0. The van der Waals surface area contributed by atoms with Crippen molar-refractivity contribution in [2.45, 2.75) is 52.1 Å². The zero-order valence-corrected chi connectivity index (χ0v) is 24.8. The number of piperidine rings is 1. The lowest BCUT2D eigenvalue weighted by Gasteiger charge is -2.32. The van der Waals surface area contributed by atoms with Gasteiger partial charge < -0.3 is 23.7 Å². The van der Waals surface area contributed by atoms with Crippen LogP contribution in [0, 0.1) is 17.1 Å². The lowest BCUT2D eigenvalue weighted by Crippen LogP contribution is -2.38. The van der Waals surface area contributed by atoms with Gasteiger partial charge >= 0.3 is 5.97 Å². The van der Waals surface area contributed by atoms with E-state index in [0.717, 1.165) is 61.1 Å². The fourth-order valence-corrected chi connectivity index (χ4v) is 5.56. The van der Waals surface area contributed by atoms with Crippen molar-refractivity contribution in [2.24, 2.45) is 0 Å². The van der Waals surface area contributed by atoms with Crippen LogP contribution in [-0.2, 0) is 26.2 Å². The molecule has 1 saturated heterocycles. The topological polar surface area (TPSA) is 131 Å². The Balaban J connectivity index is 1.12. The standard InChI is InChI=1S/C33H32FN7O4/c1-2-40-21-36-17-25(40)18-41-29-15-23(33(42)43)6-7-28(29)38-31(41)19-39-12-9-26(10-13-39)45-32-24(4-3-11-37-32)20-44-30-8-5-22(16-35)14-27(30)34/h3-8,11,14-15,17,21,26H,2,9-10,12-13,18-20H2,1H3,(H,42,43). The van der Waals surface area contributed by atoms with Gasteiger partial charge in [0.2, 0.25) is 5.88 Å². The summed E-state index contributed by atoms with van der Waals surface area (Å²) in [5.74, 6) is -0.208. The molecule has 0 unspecified atom stereocenters. The number of aryl methyl sites for hydroxylation is 1. The van der Waals surface area contributed by atoms with Crippen LogP contribution < -0.4 is 9.47 Å². The molecule has 2 aromatic carbocycles. The van der Waals surface area contributed by atoms with Crippen molar-refractivity contribution >= 4 is 17.0 Å². The highest BCUT2D eigenvalue weighted by molar-refractivity contribution is 5.92. The number of benzene rings is 2. The Bertz CT molecular complexity index is 1870. The summed E-state index contributed by atoms with van der Waals surface area (Å²) in [5.41, 5.74) is 3.69. The second-order valence-corrected chi connectivity index (χ2v) is 10.9. The van der Waals surface area contributed by atoms with Crippen LogP contribution in [0.5, 0.6) is 11.6 Å². The maximum absolute atomic E-state index is 14.3. The van der Waals surface area contributed by atoms with Crippen LogP contribution in [0.15, 0.2) is 67.3 Å². The summed E-state index contributed by atoms with van der Waals surface area (Å²) in [6, 6.07) is 14.7. The molecule has 0 amide bonds. The number of pyridine rings is 1. The zero-order valence-electron chi connectivity index (χ0n) is 24.8. The Hall–Kier alpha value is -5.28. The van der Waals surface area contributed by atoms with Gasteiger partial charge in [0.15, 0.2) is 11.6 Å². The van der Waals surface area contributed by atoms with Crippen LogP contribution >= 0.6 is 0 Å². The van der Waals surface area contributed by atoms with Crippen molar-refractivity contribution in [1.29, 1.82) is 5.26 Å². The molecule has 4 heterocycles. The predicted molar refractivity (Wildman–Crippen MR) is 162 cm³/mol. The van der Waals surface area contributed by atoms with E-state index in [0.29, 0.717) is 24.5 Å². The fourth-order valence-electron chi connectivity index (χ4n) is 5.56. The molecule has 0 bridgehead atoms. The van der Waals surface area contributed by atoms with Crippen molar-refractivity contribution in [3.05, 3.63) is 101 Å². The van der Waals surface area contributed by atoms with E-state index in [4.69, 9.17) is 19.7 Å². The third kappa shape index (κ3) is 6.63. The van der Waals surface area contributed by atoms with Gasteiger partial charge in [-0.05, 0) is 68.3 Å².